The van der Waals surface area contributed by atoms with Crippen molar-refractivity contribution in [3.05, 3.63) is 85.4 Å². The first kappa shape index (κ1) is 29.4. The molecule has 2 aromatic rings. The van der Waals surface area contributed by atoms with Crippen molar-refractivity contribution >= 4 is 52.0 Å². The lowest BCUT2D eigenvalue weighted by atomic mass is 9.87. The Morgan fingerprint density at radius 3 is 2.39 bits per heavy atom. The van der Waals surface area contributed by atoms with E-state index in [1.165, 1.54) is 18.4 Å². The van der Waals surface area contributed by atoms with Crippen LogP contribution in [-0.4, -0.2) is 29.6 Å². The maximum atomic E-state index is 11.7. The van der Waals surface area contributed by atoms with Gasteiger partial charge in [-0.25, -0.2) is 0 Å². The highest BCUT2D eigenvalue weighted by Crippen LogP contribution is 2.52. The number of fused-ring (bicyclic) bond motifs is 2. The van der Waals surface area contributed by atoms with Crippen LogP contribution in [0.25, 0.3) is 17.2 Å². The van der Waals surface area contributed by atoms with Crippen LogP contribution in [0.4, 0.5) is 0 Å². The Bertz CT molecular complexity index is 1210. The zero-order valence-corrected chi connectivity index (χ0v) is 25.1. The molecular weight excluding hydrogens is 533 g/mol. The fourth-order valence-corrected chi connectivity index (χ4v) is 6.28. The Labute approximate surface area is 244 Å². The van der Waals surface area contributed by atoms with E-state index < -0.39 is 6.10 Å². The van der Waals surface area contributed by atoms with E-state index in [0.717, 1.165) is 83.6 Å². The highest BCUT2D eigenvalue weighted by molar-refractivity contribution is 6.32. The van der Waals surface area contributed by atoms with Crippen molar-refractivity contribution in [1.82, 2.24) is 4.90 Å². The lowest BCUT2D eigenvalue weighted by molar-refractivity contribution is 0.110. The fraction of sp³-hybridized carbons (Fsp3) is 0.455. The summed E-state index contributed by atoms with van der Waals surface area (Å²) in [7, 11) is 0. The Balaban J connectivity index is 1.81. The summed E-state index contributed by atoms with van der Waals surface area (Å²) >= 11 is 19.6. The second-order valence-electron chi connectivity index (χ2n) is 10.8. The molecule has 0 saturated carbocycles. The number of hydrogen-bond donors (Lipinski definition) is 1. The molecule has 38 heavy (non-hydrogen) atoms. The molecule has 0 amide bonds. The Morgan fingerprint density at radius 1 is 0.974 bits per heavy atom. The predicted octanol–water partition coefficient (Wildman–Crippen LogP) is 10.2. The maximum Gasteiger partial charge on any atom is 0.0923 e. The van der Waals surface area contributed by atoms with E-state index in [-0.39, 0.29) is 0 Å². The van der Waals surface area contributed by atoms with E-state index in [0.29, 0.717) is 22.5 Å². The van der Waals surface area contributed by atoms with Crippen LogP contribution >= 0.6 is 34.8 Å². The average molecular weight is 573 g/mol. The Kier molecular flexibility index (Phi) is 10.6. The molecule has 0 radical (unpaired) electrons. The van der Waals surface area contributed by atoms with E-state index in [2.05, 4.69) is 37.8 Å². The topological polar surface area (TPSA) is 23.5 Å². The number of allylic oxidation sites excluding steroid dienone is 5. The second-order valence-corrected chi connectivity index (χ2v) is 12.1. The van der Waals surface area contributed by atoms with Gasteiger partial charge in [0.05, 0.1) is 6.10 Å². The van der Waals surface area contributed by atoms with Gasteiger partial charge < -0.3 is 10.0 Å². The average Bonchev–Trinajstić information content (AvgIpc) is 3.09. The molecule has 1 N–H and O–H groups in total. The monoisotopic (exact) mass is 571 g/mol. The Hall–Kier alpha value is -1.55. The Morgan fingerprint density at radius 2 is 1.68 bits per heavy atom. The molecule has 2 unspecified atom stereocenters. The van der Waals surface area contributed by atoms with E-state index in [4.69, 9.17) is 34.8 Å². The standard InChI is InChI=1S/C33H40Cl3NO/c1-4-6-8-16-37(15-7-5-2)21-31(38)30-20-26(36)19-29-27(17-23-10-13-24(34)14-11-23)28-18-25(35)12-9-22(3)32(28)33(29)30/h10-11,13-14,17-20,22,31,38H,4-9,12,15-16,21H2,1-3H3/b27-17-. The number of aliphatic hydroxyl groups is 1. The van der Waals surface area contributed by atoms with E-state index in [9.17, 15) is 5.11 Å². The summed E-state index contributed by atoms with van der Waals surface area (Å²) in [6.45, 7) is 9.36. The molecule has 0 aromatic heterocycles. The highest BCUT2D eigenvalue weighted by Gasteiger charge is 2.34. The molecule has 4 rings (SSSR count). The van der Waals surface area contributed by atoms with Gasteiger partial charge in [0.25, 0.3) is 0 Å². The number of halogens is 3. The van der Waals surface area contributed by atoms with Crippen molar-refractivity contribution in [3.8, 4) is 0 Å². The molecule has 0 bridgehead atoms. The molecule has 2 atom stereocenters. The summed E-state index contributed by atoms with van der Waals surface area (Å²) in [5.74, 6) is 0.306. The summed E-state index contributed by atoms with van der Waals surface area (Å²) in [4.78, 5) is 2.43. The van der Waals surface area contributed by atoms with Crippen LogP contribution in [0.5, 0.6) is 0 Å². The normalized spacial score (nSPS) is 19.0. The molecule has 0 saturated heterocycles. The number of aliphatic hydroxyl groups excluding tert-OH is 1. The van der Waals surface area contributed by atoms with Gasteiger partial charge in [-0.05, 0) is 120 Å². The van der Waals surface area contributed by atoms with Crippen molar-refractivity contribution in [2.24, 2.45) is 5.92 Å². The summed E-state index contributed by atoms with van der Waals surface area (Å²) in [5, 5.41) is 14.0. The van der Waals surface area contributed by atoms with Gasteiger partial charge in [0.1, 0.15) is 0 Å². The van der Waals surface area contributed by atoms with Crippen molar-refractivity contribution < 1.29 is 5.11 Å². The molecule has 5 heteroatoms. The first-order valence-electron chi connectivity index (χ1n) is 14.1. The molecule has 2 aliphatic carbocycles. The van der Waals surface area contributed by atoms with Gasteiger partial charge in [0.15, 0.2) is 0 Å². The zero-order chi connectivity index (χ0) is 27.2. The van der Waals surface area contributed by atoms with E-state index in [1.54, 1.807) is 0 Å². The minimum Gasteiger partial charge on any atom is -0.387 e. The van der Waals surface area contributed by atoms with Crippen molar-refractivity contribution in [2.75, 3.05) is 19.6 Å². The van der Waals surface area contributed by atoms with Gasteiger partial charge in [-0.1, -0.05) is 87.0 Å². The fourth-order valence-electron chi connectivity index (χ4n) is 5.71. The maximum absolute atomic E-state index is 11.7. The van der Waals surface area contributed by atoms with Gasteiger partial charge in [-0.15, -0.1) is 0 Å². The first-order chi connectivity index (χ1) is 18.3. The number of rotatable bonds is 11. The molecular formula is C33H40Cl3NO. The van der Waals surface area contributed by atoms with Crippen LogP contribution < -0.4 is 0 Å². The molecule has 0 spiro atoms. The van der Waals surface area contributed by atoms with Gasteiger partial charge in [0, 0.05) is 21.6 Å². The number of unbranched alkanes of at least 4 members (excludes halogenated alkanes) is 3. The van der Waals surface area contributed by atoms with Gasteiger partial charge >= 0.3 is 0 Å². The molecule has 2 aromatic carbocycles. The second kappa shape index (κ2) is 13.7. The van der Waals surface area contributed by atoms with Gasteiger partial charge in [-0.2, -0.15) is 0 Å². The molecule has 0 heterocycles. The van der Waals surface area contributed by atoms with Crippen LogP contribution in [0.2, 0.25) is 10.0 Å². The van der Waals surface area contributed by atoms with Crippen molar-refractivity contribution in [3.63, 3.8) is 0 Å². The van der Waals surface area contributed by atoms with Crippen LogP contribution in [0.1, 0.15) is 94.1 Å². The minimum atomic E-state index is -0.625. The predicted molar refractivity (Wildman–Crippen MR) is 166 cm³/mol. The third kappa shape index (κ3) is 6.95. The van der Waals surface area contributed by atoms with E-state index in [1.807, 2.05) is 36.4 Å². The molecule has 2 aliphatic rings. The lowest BCUT2D eigenvalue weighted by Crippen LogP contribution is -2.31. The lowest BCUT2D eigenvalue weighted by Gasteiger charge is -2.27. The summed E-state index contributed by atoms with van der Waals surface area (Å²) < 4.78 is 0. The highest BCUT2D eigenvalue weighted by atomic mass is 35.5. The molecule has 2 nitrogen and oxygen atoms in total. The third-order valence-electron chi connectivity index (χ3n) is 7.76. The van der Waals surface area contributed by atoms with Crippen molar-refractivity contribution in [2.45, 2.75) is 71.8 Å². The van der Waals surface area contributed by atoms with E-state index >= 15 is 0 Å². The van der Waals surface area contributed by atoms with Crippen LogP contribution in [0.3, 0.4) is 0 Å². The third-order valence-corrected chi connectivity index (χ3v) is 8.53. The van der Waals surface area contributed by atoms with Gasteiger partial charge in [0.2, 0.25) is 0 Å². The summed E-state index contributed by atoms with van der Waals surface area (Å²) in [6, 6.07) is 11.9. The first-order valence-corrected chi connectivity index (χ1v) is 15.3. The number of nitrogens with zero attached hydrogens (tertiary/aromatic N) is 1. The number of hydrogen-bond acceptors (Lipinski definition) is 2. The largest absolute Gasteiger partial charge is 0.387 e. The van der Waals surface area contributed by atoms with Crippen LogP contribution in [-0.2, 0) is 0 Å². The number of benzene rings is 2. The van der Waals surface area contributed by atoms with Crippen LogP contribution in [0, 0.1) is 5.92 Å². The molecule has 204 valence electrons. The quantitative estimate of drug-likeness (QED) is 0.271. The SMILES string of the molecule is CCCCCN(CCCC)CC(O)c1cc(Cl)cc2c1C1=C(C=C(Cl)CCC1C)/C2=C/c1ccc(Cl)cc1. The smallest absolute Gasteiger partial charge is 0.0923 e. The van der Waals surface area contributed by atoms with Gasteiger partial charge in [-0.3, -0.25) is 0 Å². The molecule has 0 fully saturated rings. The minimum absolute atomic E-state index is 0.306. The molecule has 0 aliphatic heterocycles. The summed E-state index contributed by atoms with van der Waals surface area (Å²) in [6.07, 6.45) is 11.4. The van der Waals surface area contributed by atoms with Crippen LogP contribution in [0.15, 0.2) is 53.1 Å². The summed E-state index contributed by atoms with van der Waals surface area (Å²) in [5.41, 5.74) is 7.72. The van der Waals surface area contributed by atoms with Crippen molar-refractivity contribution in [1.29, 1.82) is 0 Å². The zero-order valence-electron chi connectivity index (χ0n) is 22.9.